The Morgan fingerprint density at radius 1 is 0.902 bits per heavy atom. The zero-order valence-corrected chi connectivity index (χ0v) is 34.9. The van der Waals surface area contributed by atoms with Crippen molar-refractivity contribution < 1.29 is 37.1 Å². The number of piperazine rings is 1. The van der Waals surface area contributed by atoms with Crippen LogP contribution in [0.25, 0.3) is 22.0 Å². The molecule has 1 aromatic heterocycles. The standard InChI is InChI=1S/C45H49ClF3N7O5/c1-27(57)54-17-19-55(20-18-54)43-32-24-34(46)39(41(49)42(32)50-26-51-43)40-35(48)8-7-9-37(40)61-21-6-4-2-3-5-14-53-15-12-28(13-16-53)30-22-29(47)23-31-33(30)25-56(45(31)60)36-10-11-38(58)52-44(36)59/h7-9,22-24,26,28,36H,2-6,10-21,25H2,1H3,(H,52,58,59). The number of piperidine rings is 2. The highest BCUT2D eigenvalue weighted by Crippen LogP contribution is 2.43. The second-order valence-electron chi connectivity index (χ2n) is 16.4. The van der Waals surface area contributed by atoms with Crippen LogP contribution in [0.4, 0.5) is 19.0 Å². The van der Waals surface area contributed by atoms with E-state index in [2.05, 4.69) is 20.2 Å². The molecule has 5 heterocycles. The number of amides is 4. The monoisotopic (exact) mass is 859 g/mol. The van der Waals surface area contributed by atoms with E-state index in [4.69, 9.17) is 16.3 Å². The van der Waals surface area contributed by atoms with Gasteiger partial charge in [0.15, 0.2) is 5.82 Å². The van der Waals surface area contributed by atoms with E-state index in [1.54, 1.807) is 23.1 Å². The molecule has 0 radical (unpaired) electrons. The van der Waals surface area contributed by atoms with Crippen molar-refractivity contribution in [3.63, 3.8) is 0 Å². The molecule has 4 amide bonds. The lowest BCUT2D eigenvalue weighted by molar-refractivity contribution is -0.137. The molecule has 3 saturated heterocycles. The maximum absolute atomic E-state index is 16.3. The maximum Gasteiger partial charge on any atom is 0.255 e. The minimum Gasteiger partial charge on any atom is -0.493 e. The quantitative estimate of drug-likeness (QED) is 0.112. The molecule has 4 aliphatic rings. The van der Waals surface area contributed by atoms with Gasteiger partial charge in [0, 0.05) is 62.6 Å². The van der Waals surface area contributed by atoms with E-state index in [1.807, 2.05) is 4.90 Å². The van der Waals surface area contributed by atoms with Crippen molar-refractivity contribution in [1.82, 2.24) is 30.0 Å². The first-order chi connectivity index (χ1) is 29.5. The van der Waals surface area contributed by atoms with Crippen molar-refractivity contribution in [3.8, 4) is 16.9 Å². The van der Waals surface area contributed by atoms with Crippen molar-refractivity contribution in [2.24, 2.45) is 0 Å². The average molecular weight is 860 g/mol. The van der Waals surface area contributed by atoms with Crippen LogP contribution in [-0.4, -0.2) is 107 Å². The lowest BCUT2D eigenvalue weighted by atomic mass is 9.85. The van der Waals surface area contributed by atoms with Gasteiger partial charge in [-0.05, 0) is 99.1 Å². The minimum atomic E-state index is -0.764. The van der Waals surface area contributed by atoms with Crippen LogP contribution in [0.3, 0.4) is 0 Å². The number of hydrogen-bond acceptors (Lipinski definition) is 9. The van der Waals surface area contributed by atoms with Crippen molar-refractivity contribution in [1.29, 1.82) is 0 Å². The van der Waals surface area contributed by atoms with Gasteiger partial charge < -0.3 is 24.3 Å². The number of likely N-dealkylation sites (tertiary alicyclic amines) is 1. The van der Waals surface area contributed by atoms with E-state index in [0.29, 0.717) is 49.6 Å². The molecule has 322 valence electrons. The largest absolute Gasteiger partial charge is 0.493 e. The van der Waals surface area contributed by atoms with E-state index >= 15 is 8.78 Å². The molecule has 12 nitrogen and oxygen atoms in total. The SMILES string of the molecule is CC(=O)N1CCN(c2ncnc3c(F)c(-c4c(F)cccc4OCCCCCCCN4CCC(c5cc(F)cc6c5CN(C5CCC(=O)NC5=O)C6=O)CC4)c(Cl)cc23)CC1. The molecule has 1 unspecified atom stereocenters. The number of ether oxygens (including phenoxy) is 1. The number of carbonyl (C=O) groups excluding carboxylic acids is 4. The number of carbonyl (C=O) groups is 4. The van der Waals surface area contributed by atoms with Gasteiger partial charge in [0.1, 0.15) is 41.1 Å². The van der Waals surface area contributed by atoms with Crippen LogP contribution >= 0.6 is 11.6 Å². The Balaban J connectivity index is 0.800. The number of aromatic nitrogens is 2. The molecule has 3 aromatic carbocycles. The normalized spacial score (nSPS) is 18.9. The molecule has 0 bridgehead atoms. The van der Waals surface area contributed by atoms with E-state index in [0.717, 1.165) is 75.7 Å². The van der Waals surface area contributed by atoms with Gasteiger partial charge in [-0.15, -0.1) is 0 Å². The van der Waals surface area contributed by atoms with Gasteiger partial charge in [-0.3, -0.25) is 24.5 Å². The summed E-state index contributed by atoms with van der Waals surface area (Å²) in [5.74, 6) is -2.28. The fourth-order valence-corrected chi connectivity index (χ4v) is 9.62. The molecule has 1 N–H and O–H groups in total. The second kappa shape index (κ2) is 18.4. The van der Waals surface area contributed by atoms with Crippen LogP contribution < -0.4 is 15.0 Å². The van der Waals surface area contributed by atoms with E-state index < -0.39 is 29.4 Å². The molecule has 4 aromatic rings. The van der Waals surface area contributed by atoms with Crippen LogP contribution in [0, 0.1) is 17.5 Å². The summed E-state index contributed by atoms with van der Waals surface area (Å²) in [7, 11) is 0. The Morgan fingerprint density at radius 2 is 1.66 bits per heavy atom. The second-order valence-corrected chi connectivity index (χ2v) is 16.8. The first kappa shape index (κ1) is 42.4. The Hall–Kier alpha value is -5.28. The Bertz CT molecular complexity index is 2350. The van der Waals surface area contributed by atoms with Crippen LogP contribution in [-0.2, 0) is 20.9 Å². The van der Waals surface area contributed by atoms with E-state index in [1.165, 1.54) is 36.4 Å². The smallest absolute Gasteiger partial charge is 0.255 e. The van der Waals surface area contributed by atoms with Crippen molar-refractivity contribution in [2.45, 2.75) is 83.2 Å². The van der Waals surface area contributed by atoms with Crippen LogP contribution in [0.1, 0.15) is 92.1 Å². The van der Waals surface area contributed by atoms with Gasteiger partial charge in [-0.2, -0.15) is 0 Å². The summed E-state index contributed by atoms with van der Waals surface area (Å²) in [5, 5.41) is 2.73. The summed E-state index contributed by atoms with van der Waals surface area (Å²) in [5.41, 5.74) is 1.79. The molecule has 0 saturated carbocycles. The Morgan fingerprint density at radius 3 is 2.41 bits per heavy atom. The predicted molar refractivity (Wildman–Crippen MR) is 224 cm³/mol. The first-order valence-corrected chi connectivity index (χ1v) is 21.6. The number of anilines is 1. The highest BCUT2D eigenvalue weighted by Gasteiger charge is 2.41. The summed E-state index contributed by atoms with van der Waals surface area (Å²) >= 11 is 6.72. The Labute approximate surface area is 357 Å². The van der Waals surface area contributed by atoms with Crippen molar-refractivity contribution >= 4 is 52.0 Å². The zero-order valence-electron chi connectivity index (χ0n) is 34.2. The van der Waals surface area contributed by atoms with E-state index in [-0.39, 0.29) is 70.4 Å². The number of halogens is 4. The fraction of sp³-hybridized carbons (Fsp3) is 0.467. The molecule has 0 spiro atoms. The highest BCUT2D eigenvalue weighted by molar-refractivity contribution is 6.34. The molecule has 61 heavy (non-hydrogen) atoms. The minimum absolute atomic E-state index is 0.00537. The number of benzene rings is 3. The molecule has 1 atom stereocenters. The molecule has 4 aliphatic heterocycles. The molecule has 0 aliphatic carbocycles. The number of imide groups is 1. The third-order valence-corrected chi connectivity index (χ3v) is 12.9. The lowest BCUT2D eigenvalue weighted by Crippen LogP contribution is -2.52. The molecule has 3 fully saturated rings. The Kier molecular flexibility index (Phi) is 12.8. The van der Waals surface area contributed by atoms with Crippen molar-refractivity contribution in [3.05, 3.63) is 81.9 Å². The third-order valence-electron chi connectivity index (χ3n) is 12.6. The van der Waals surface area contributed by atoms with Gasteiger partial charge >= 0.3 is 0 Å². The van der Waals surface area contributed by atoms with Gasteiger partial charge in [-0.1, -0.05) is 36.9 Å². The molecular weight excluding hydrogens is 811 g/mol. The topological polar surface area (TPSA) is 128 Å². The van der Waals surface area contributed by atoms with Crippen LogP contribution in [0.2, 0.25) is 5.02 Å². The summed E-state index contributed by atoms with van der Waals surface area (Å²) in [6.07, 6.45) is 8.04. The number of nitrogens with one attached hydrogen (secondary N) is 1. The summed E-state index contributed by atoms with van der Waals surface area (Å²) in [6.45, 7) is 6.80. The number of rotatable bonds is 13. The van der Waals surface area contributed by atoms with Gasteiger partial charge in [0.2, 0.25) is 17.7 Å². The van der Waals surface area contributed by atoms with Crippen LogP contribution in [0.15, 0.2) is 42.7 Å². The lowest BCUT2D eigenvalue weighted by Gasteiger charge is -2.35. The number of fused-ring (bicyclic) bond motifs is 2. The number of hydrogen-bond donors (Lipinski definition) is 1. The van der Waals surface area contributed by atoms with E-state index in [9.17, 15) is 23.6 Å². The number of nitrogens with zero attached hydrogens (tertiary/aromatic N) is 6. The van der Waals surface area contributed by atoms with Gasteiger partial charge in [-0.25, -0.2) is 23.1 Å². The number of unbranched alkanes of at least 4 members (excludes halogenated alkanes) is 4. The summed E-state index contributed by atoms with van der Waals surface area (Å²) in [6, 6.07) is 8.02. The maximum atomic E-state index is 16.3. The third kappa shape index (κ3) is 8.90. The van der Waals surface area contributed by atoms with Crippen LogP contribution in [0.5, 0.6) is 5.75 Å². The van der Waals surface area contributed by atoms with Crippen molar-refractivity contribution in [2.75, 3.05) is 57.3 Å². The summed E-state index contributed by atoms with van der Waals surface area (Å²) < 4.78 is 52.7. The molecule has 8 rings (SSSR count). The molecule has 16 heteroatoms. The molecular formula is C45H49ClF3N7O5. The van der Waals surface area contributed by atoms with Gasteiger partial charge in [0.05, 0.1) is 17.2 Å². The first-order valence-electron chi connectivity index (χ1n) is 21.2. The highest BCUT2D eigenvalue weighted by atomic mass is 35.5. The van der Waals surface area contributed by atoms with Gasteiger partial charge in [0.25, 0.3) is 5.91 Å². The fourth-order valence-electron chi connectivity index (χ4n) is 9.33. The predicted octanol–water partition coefficient (Wildman–Crippen LogP) is 7.01. The summed E-state index contributed by atoms with van der Waals surface area (Å²) in [4.78, 5) is 65.6. The average Bonchev–Trinajstić information content (AvgIpc) is 3.57. The zero-order chi connectivity index (χ0) is 42.8.